The molecule has 0 aromatic heterocycles. The van der Waals surface area contributed by atoms with Gasteiger partial charge >= 0.3 is 0 Å². The number of ketones is 1. The quantitative estimate of drug-likeness (QED) is 0.426. The number of hydrogen-bond acceptors (Lipinski definition) is 3. The minimum absolute atomic E-state index is 0. The Labute approximate surface area is 170 Å². The first kappa shape index (κ1) is 20.2. The van der Waals surface area contributed by atoms with Crippen molar-refractivity contribution in [2.24, 2.45) is 0 Å². The minimum Gasteiger partial charge on any atom is -0.379 e. The Morgan fingerprint density at radius 2 is 2.09 bits per heavy atom. The van der Waals surface area contributed by atoms with Gasteiger partial charge < -0.3 is 28.3 Å². The number of carbonyl (C=O) groups excluding carboxylic acids is 2. The van der Waals surface area contributed by atoms with Crippen LogP contribution in [0.1, 0.15) is 30.9 Å². The van der Waals surface area contributed by atoms with Crippen LogP contribution in [0.25, 0.3) is 0 Å². The van der Waals surface area contributed by atoms with Gasteiger partial charge in [0.1, 0.15) is 5.54 Å². The second-order valence-electron chi connectivity index (χ2n) is 5.80. The molecule has 4 nitrogen and oxygen atoms in total. The molecule has 2 atom stereocenters. The topological polar surface area (TPSA) is 55.4 Å². The van der Waals surface area contributed by atoms with E-state index in [4.69, 9.17) is 4.74 Å². The third-order valence-electron chi connectivity index (χ3n) is 4.43. The molecule has 0 aliphatic carbocycles. The van der Waals surface area contributed by atoms with Gasteiger partial charge in [-0.2, -0.15) is 0 Å². The van der Waals surface area contributed by atoms with Gasteiger partial charge in [0.2, 0.25) is 5.91 Å². The standard InChI is InChI=1S/C16H17NO3.W.Y/c1-11-6-3-4-7-12(11)15(2)13(18)16(17-14(15)19)8-5-9-20-10-16;;/h4,6H,5,8-10H2,1-2H3,(H,17,19);;/q-2;;. The number of rotatable bonds is 1. The number of nitrogens with one attached hydrogen (secondary N) is 1. The number of Topliss-reactive ketones (excluding diaryl/α,β-unsaturated/α-hetero) is 1. The predicted octanol–water partition coefficient (Wildman–Crippen LogP) is 1.10. The Morgan fingerprint density at radius 1 is 1.36 bits per heavy atom. The van der Waals surface area contributed by atoms with Gasteiger partial charge in [-0.3, -0.25) is 26.8 Å². The van der Waals surface area contributed by atoms with Gasteiger partial charge in [-0.1, -0.05) is 0 Å². The maximum Gasteiger partial charge on any atom is 0.234 e. The Kier molecular flexibility index (Phi) is 6.72. The summed E-state index contributed by atoms with van der Waals surface area (Å²) in [4.78, 5) is 25.5. The van der Waals surface area contributed by atoms with Crippen LogP contribution in [-0.2, 0) is 73.5 Å². The van der Waals surface area contributed by atoms with Crippen LogP contribution in [0.2, 0.25) is 0 Å². The minimum atomic E-state index is -1.18. The molecule has 0 saturated carbocycles. The predicted molar refractivity (Wildman–Crippen MR) is 72.1 cm³/mol. The maximum atomic E-state index is 13.0. The number of hydrogen-bond donors (Lipinski definition) is 1. The summed E-state index contributed by atoms with van der Waals surface area (Å²) in [5, 5.41) is 2.89. The second kappa shape index (κ2) is 7.34. The van der Waals surface area contributed by atoms with Gasteiger partial charge in [0.05, 0.1) is 12.0 Å². The Balaban J connectivity index is 0.00000121. The first-order valence-electron chi connectivity index (χ1n) is 6.85. The van der Waals surface area contributed by atoms with Crippen molar-refractivity contribution in [3.63, 3.8) is 0 Å². The van der Waals surface area contributed by atoms with E-state index in [1.165, 1.54) is 0 Å². The van der Waals surface area contributed by atoms with Crippen molar-refractivity contribution >= 4 is 11.7 Å². The van der Waals surface area contributed by atoms with E-state index in [-0.39, 0.29) is 72.1 Å². The van der Waals surface area contributed by atoms with Crippen molar-refractivity contribution in [2.45, 2.75) is 37.6 Å². The molecular weight excluding hydrogens is 527 g/mol. The summed E-state index contributed by atoms with van der Waals surface area (Å²) >= 11 is 0. The zero-order valence-electron chi connectivity index (χ0n) is 12.7. The van der Waals surface area contributed by atoms with Gasteiger partial charge in [-0.15, -0.1) is 6.92 Å². The summed E-state index contributed by atoms with van der Waals surface area (Å²) in [6.07, 6.45) is 1.43. The third-order valence-corrected chi connectivity index (χ3v) is 4.43. The average Bonchev–Trinajstić information content (AvgIpc) is 2.63. The Hall–Kier alpha value is 0.112. The normalized spacial score (nSPS) is 30.5. The molecule has 6 heteroatoms. The molecule has 1 N–H and O–H groups in total. The van der Waals surface area contributed by atoms with E-state index >= 15 is 0 Å². The van der Waals surface area contributed by atoms with E-state index in [0.717, 1.165) is 12.0 Å². The molecule has 115 valence electrons. The molecular formula is C16H17NO3WY-2. The van der Waals surface area contributed by atoms with Crippen LogP contribution in [0, 0.1) is 19.1 Å². The summed E-state index contributed by atoms with van der Waals surface area (Å²) in [5.41, 5.74) is -0.544. The summed E-state index contributed by atoms with van der Waals surface area (Å²) < 4.78 is 5.43. The molecule has 2 aliphatic heterocycles. The van der Waals surface area contributed by atoms with Gasteiger partial charge in [0.25, 0.3) is 0 Å². The first-order chi connectivity index (χ1) is 9.51. The van der Waals surface area contributed by atoms with Crippen molar-refractivity contribution in [2.75, 3.05) is 13.2 Å². The summed E-state index contributed by atoms with van der Waals surface area (Å²) in [7, 11) is 0. The zero-order valence-corrected chi connectivity index (χ0v) is 18.5. The van der Waals surface area contributed by atoms with Crippen LogP contribution >= 0.6 is 0 Å². The maximum absolute atomic E-state index is 13.0. The number of benzene rings is 1. The first-order valence-corrected chi connectivity index (χ1v) is 6.85. The number of ether oxygens (including phenoxy) is 1. The van der Waals surface area contributed by atoms with Gasteiger partial charge in [0, 0.05) is 60.4 Å². The fraction of sp³-hybridized carbons (Fsp3) is 0.500. The van der Waals surface area contributed by atoms with Crippen LogP contribution in [-0.4, -0.2) is 30.4 Å². The van der Waals surface area contributed by atoms with Crippen LogP contribution in [0.5, 0.6) is 0 Å². The smallest absolute Gasteiger partial charge is 0.234 e. The molecule has 1 aromatic carbocycles. The van der Waals surface area contributed by atoms with Crippen LogP contribution in [0.15, 0.2) is 12.1 Å². The van der Waals surface area contributed by atoms with E-state index in [1.54, 1.807) is 19.1 Å². The van der Waals surface area contributed by atoms with E-state index in [2.05, 4.69) is 17.4 Å². The molecule has 1 aromatic rings. The van der Waals surface area contributed by atoms with E-state index in [9.17, 15) is 9.59 Å². The van der Waals surface area contributed by atoms with Crippen molar-refractivity contribution in [1.29, 1.82) is 0 Å². The van der Waals surface area contributed by atoms with Crippen molar-refractivity contribution < 1.29 is 68.1 Å². The summed E-state index contributed by atoms with van der Waals surface area (Å²) in [6.45, 7) is 4.47. The second-order valence-corrected chi connectivity index (χ2v) is 5.80. The number of amides is 1. The fourth-order valence-electron chi connectivity index (χ4n) is 3.29. The SMILES string of the molecule is Cc1c[c-]c[c-]c1C1(C)C(=O)NC2(CCCOC2)C1=O.[W].[Y]. The molecule has 3 rings (SSSR count). The fourth-order valence-corrected chi connectivity index (χ4v) is 3.29. The van der Waals surface area contributed by atoms with Crippen molar-refractivity contribution in [1.82, 2.24) is 5.32 Å². The number of carbonyl (C=O) groups is 2. The van der Waals surface area contributed by atoms with Crippen LogP contribution < -0.4 is 5.32 Å². The zero-order chi connectivity index (χ0) is 14.4. The molecule has 22 heavy (non-hydrogen) atoms. The van der Waals surface area contributed by atoms with E-state index < -0.39 is 11.0 Å². The van der Waals surface area contributed by atoms with Gasteiger partial charge in [0.15, 0.2) is 5.78 Å². The third kappa shape index (κ3) is 2.93. The average molecular weight is 544 g/mol. The molecule has 2 aliphatic rings. The van der Waals surface area contributed by atoms with Crippen molar-refractivity contribution in [3.05, 3.63) is 35.4 Å². The molecule has 2 fully saturated rings. The molecule has 2 unspecified atom stereocenters. The van der Waals surface area contributed by atoms with E-state index in [1.807, 2.05) is 6.92 Å². The molecule has 1 amide bonds. The largest absolute Gasteiger partial charge is 0.379 e. The number of aryl methyl sites for hydroxylation is 1. The van der Waals surface area contributed by atoms with Gasteiger partial charge in [-0.25, -0.2) is 0 Å². The van der Waals surface area contributed by atoms with Crippen LogP contribution in [0.4, 0.5) is 0 Å². The monoisotopic (exact) mass is 544 g/mol. The summed E-state index contributed by atoms with van der Waals surface area (Å²) in [5.74, 6) is -0.348. The molecule has 0 bridgehead atoms. The molecule has 1 radical (unpaired) electrons. The van der Waals surface area contributed by atoms with E-state index in [0.29, 0.717) is 18.6 Å². The van der Waals surface area contributed by atoms with Crippen molar-refractivity contribution in [3.8, 4) is 0 Å². The Bertz CT molecular complexity index is 587. The molecule has 1 spiro atoms. The molecule has 2 saturated heterocycles. The molecule has 2 heterocycles. The van der Waals surface area contributed by atoms with Crippen LogP contribution in [0.3, 0.4) is 0 Å². The Morgan fingerprint density at radius 3 is 2.68 bits per heavy atom. The van der Waals surface area contributed by atoms with Gasteiger partial charge in [-0.05, 0) is 19.8 Å². The summed E-state index contributed by atoms with van der Waals surface area (Å²) in [6, 6.07) is 9.34.